The molecule has 0 aromatic carbocycles. The molecule has 0 bridgehead atoms. The first-order valence-electron chi connectivity index (χ1n) is 3.76. The molecule has 1 rings (SSSR count). The van der Waals surface area contributed by atoms with Crippen molar-refractivity contribution >= 4 is 0 Å². The van der Waals surface area contributed by atoms with Crippen molar-refractivity contribution in [2.75, 3.05) is 26.3 Å². The summed E-state index contributed by atoms with van der Waals surface area (Å²) < 4.78 is 5.00. The van der Waals surface area contributed by atoms with Crippen molar-refractivity contribution in [2.45, 2.75) is 13.0 Å². The summed E-state index contributed by atoms with van der Waals surface area (Å²) in [5.41, 5.74) is 0. The Morgan fingerprint density at radius 1 is 1.80 bits per heavy atom. The topological polar surface area (TPSA) is 44.8 Å². The number of aliphatic hydroxyl groups excluding tert-OH is 1. The van der Waals surface area contributed by atoms with Crippen LogP contribution in [0.1, 0.15) is 6.92 Å². The highest BCUT2D eigenvalue weighted by Gasteiger charge is 2.21. The number of rotatable bonds is 5. The Morgan fingerprint density at radius 2 is 2.50 bits per heavy atom. The Kier molecular flexibility index (Phi) is 3.12. The van der Waals surface area contributed by atoms with Crippen LogP contribution >= 0.6 is 0 Å². The van der Waals surface area contributed by atoms with Crippen LogP contribution < -0.4 is 5.32 Å². The Labute approximate surface area is 61.4 Å². The molecule has 0 aliphatic carbocycles. The van der Waals surface area contributed by atoms with Crippen molar-refractivity contribution in [1.29, 1.82) is 0 Å². The number of nitrogens with one attached hydrogen (secondary N) is 1. The van der Waals surface area contributed by atoms with Gasteiger partial charge in [-0.2, -0.15) is 0 Å². The van der Waals surface area contributed by atoms with Crippen LogP contribution in [0.2, 0.25) is 0 Å². The van der Waals surface area contributed by atoms with Crippen molar-refractivity contribution in [3.8, 4) is 0 Å². The fourth-order valence-corrected chi connectivity index (χ4v) is 0.741. The summed E-state index contributed by atoms with van der Waals surface area (Å²) in [4.78, 5) is 0. The second-order valence-corrected chi connectivity index (χ2v) is 2.90. The molecule has 0 aromatic heterocycles. The van der Waals surface area contributed by atoms with E-state index in [0.717, 1.165) is 19.7 Å². The normalized spacial score (nSPS) is 26.4. The van der Waals surface area contributed by atoms with E-state index >= 15 is 0 Å². The van der Waals surface area contributed by atoms with Gasteiger partial charge in [0.25, 0.3) is 0 Å². The average molecular weight is 145 g/mol. The van der Waals surface area contributed by atoms with E-state index in [2.05, 4.69) is 5.32 Å². The smallest absolute Gasteiger partial charge is 0.0933 e. The van der Waals surface area contributed by atoms with Gasteiger partial charge in [0.15, 0.2) is 0 Å². The summed E-state index contributed by atoms with van der Waals surface area (Å²) in [5.74, 6) is 0.360. The molecule has 60 valence electrons. The first-order valence-corrected chi connectivity index (χ1v) is 3.76. The molecular formula is C7H15NO2. The molecule has 2 atom stereocenters. The summed E-state index contributed by atoms with van der Waals surface area (Å²) in [6.07, 6.45) is 0.450. The van der Waals surface area contributed by atoms with Crippen LogP contribution in [0.25, 0.3) is 0 Å². The van der Waals surface area contributed by atoms with Crippen LogP contribution in [-0.4, -0.2) is 37.5 Å². The van der Waals surface area contributed by atoms with E-state index in [-0.39, 0.29) is 6.61 Å². The molecule has 0 radical (unpaired) electrons. The van der Waals surface area contributed by atoms with E-state index in [4.69, 9.17) is 9.84 Å². The zero-order valence-corrected chi connectivity index (χ0v) is 6.34. The van der Waals surface area contributed by atoms with Crippen molar-refractivity contribution in [3.63, 3.8) is 0 Å². The van der Waals surface area contributed by atoms with Gasteiger partial charge in [-0.15, -0.1) is 0 Å². The van der Waals surface area contributed by atoms with Crippen molar-refractivity contribution in [3.05, 3.63) is 0 Å². The first kappa shape index (κ1) is 7.98. The van der Waals surface area contributed by atoms with Crippen molar-refractivity contribution < 1.29 is 9.84 Å². The summed E-state index contributed by atoms with van der Waals surface area (Å²) in [5, 5.41) is 11.9. The molecule has 1 fully saturated rings. The highest BCUT2D eigenvalue weighted by atomic mass is 16.6. The minimum absolute atomic E-state index is 0.262. The first-order chi connectivity index (χ1) is 4.83. The van der Waals surface area contributed by atoms with Crippen LogP contribution in [0.3, 0.4) is 0 Å². The quantitative estimate of drug-likeness (QED) is 0.517. The number of hydrogen-bond acceptors (Lipinski definition) is 3. The number of hydrogen-bond donors (Lipinski definition) is 2. The molecular weight excluding hydrogens is 130 g/mol. The van der Waals surface area contributed by atoms with Gasteiger partial charge in [0.2, 0.25) is 0 Å². The lowest BCUT2D eigenvalue weighted by Crippen LogP contribution is -2.26. The van der Waals surface area contributed by atoms with Crippen LogP contribution in [0.5, 0.6) is 0 Å². The maximum atomic E-state index is 8.64. The van der Waals surface area contributed by atoms with Gasteiger partial charge in [-0.05, 0) is 12.5 Å². The molecule has 0 amide bonds. The third-order valence-corrected chi connectivity index (χ3v) is 1.58. The summed E-state index contributed by atoms with van der Waals surface area (Å²) in [7, 11) is 0. The van der Waals surface area contributed by atoms with Gasteiger partial charge in [-0.25, -0.2) is 0 Å². The lowest BCUT2D eigenvalue weighted by atomic mass is 10.2. The minimum atomic E-state index is 0.262. The number of ether oxygens (including phenoxy) is 1. The van der Waals surface area contributed by atoms with Gasteiger partial charge in [0, 0.05) is 13.2 Å². The Morgan fingerprint density at radius 3 is 3.00 bits per heavy atom. The summed E-state index contributed by atoms with van der Waals surface area (Å²) in [6, 6.07) is 0. The second kappa shape index (κ2) is 3.91. The third kappa shape index (κ3) is 3.15. The molecule has 0 aromatic rings. The summed E-state index contributed by atoms with van der Waals surface area (Å²) >= 11 is 0. The van der Waals surface area contributed by atoms with E-state index in [1.807, 2.05) is 6.92 Å². The average Bonchev–Trinajstić information content (AvgIpc) is 2.71. The lowest BCUT2D eigenvalue weighted by Gasteiger charge is -2.07. The van der Waals surface area contributed by atoms with Gasteiger partial charge in [-0.1, -0.05) is 6.92 Å². The second-order valence-electron chi connectivity index (χ2n) is 2.90. The van der Waals surface area contributed by atoms with Crippen LogP contribution in [0.4, 0.5) is 0 Å². The van der Waals surface area contributed by atoms with Gasteiger partial charge in [0.1, 0.15) is 0 Å². The van der Waals surface area contributed by atoms with Gasteiger partial charge >= 0.3 is 0 Å². The molecule has 2 unspecified atom stereocenters. The zero-order chi connectivity index (χ0) is 7.40. The number of aliphatic hydroxyl groups is 1. The summed E-state index contributed by atoms with van der Waals surface area (Å²) in [6.45, 7) is 5.00. The van der Waals surface area contributed by atoms with Crippen molar-refractivity contribution in [2.24, 2.45) is 5.92 Å². The monoisotopic (exact) mass is 145 g/mol. The van der Waals surface area contributed by atoms with E-state index in [1.54, 1.807) is 0 Å². The predicted molar refractivity (Wildman–Crippen MR) is 38.9 cm³/mol. The lowest BCUT2D eigenvalue weighted by molar-refractivity contribution is 0.232. The van der Waals surface area contributed by atoms with E-state index in [9.17, 15) is 0 Å². The van der Waals surface area contributed by atoms with Gasteiger partial charge in [-0.3, -0.25) is 0 Å². The maximum absolute atomic E-state index is 8.64. The molecule has 0 saturated carbocycles. The third-order valence-electron chi connectivity index (χ3n) is 1.58. The molecule has 1 saturated heterocycles. The minimum Gasteiger partial charge on any atom is -0.396 e. The molecule has 1 aliphatic rings. The Hall–Kier alpha value is -0.120. The Bertz CT molecular complexity index is 93.6. The highest BCUT2D eigenvalue weighted by Crippen LogP contribution is 2.06. The van der Waals surface area contributed by atoms with Crippen LogP contribution in [0, 0.1) is 5.92 Å². The maximum Gasteiger partial charge on any atom is 0.0933 e. The highest BCUT2D eigenvalue weighted by molar-refractivity contribution is 4.71. The molecule has 3 nitrogen and oxygen atoms in total. The fourth-order valence-electron chi connectivity index (χ4n) is 0.741. The molecule has 1 aliphatic heterocycles. The largest absolute Gasteiger partial charge is 0.396 e. The molecule has 0 spiro atoms. The fraction of sp³-hybridized carbons (Fsp3) is 1.00. The van der Waals surface area contributed by atoms with Gasteiger partial charge in [0.05, 0.1) is 12.7 Å². The number of epoxide rings is 1. The van der Waals surface area contributed by atoms with E-state index in [0.29, 0.717) is 12.0 Å². The van der Waals surface area contributed by atoms with Gasteiger partial charge < -0.3 is 15.2 Å². The van der Waals surface area contributed by atoms with E-state index < -0.39 is 0 Å². The predicted octanol–water partition coefficient (Wildman–Crippen LogP) is -0.397. The van der Waals surface area contributed by atoms with E-state index in [1.165, 1.54) is 0 Å². The molecule has 10 heavy (non-hydrogen) atoms. The molecule has 2 N–H and O–H groups in total. The SMILES string of the molecule is CC(CO)CNCC1CO1. The van der Waals surface area contributed by atoms with Crippen LogP contribution in [-0.2, 0) is 4.74 Å². The molecule has 1 heterocycles. The van der Waals surface area contributed by atoms with Crippen LogP contribution in [0.15, 0.2) is 0 Å². The zero-order valence-electron chi connectivity index (χ0n) is 6.34. The standard InChI is InChI=1S/C7H15NO2/c1-6(4-9)2-8-3-7-5-10-7/h6-9H,2-5H2,1H3. The van der Waals surface area contributed by atoms with Crippen molar-refractivity contribution in [1.82, 2.24) is 5.32 Å². The molecule has 3 heteroatoms. The Balaban J connectivity index is 1.83.